The summed E-state index contributed by atoms with van der Waals surface area (Å²) in [4.78, 5) is 15.0. The van der Waals surface area contributed by atoms with Gasteiger partial charge in [-0.05, 0) is 64.9 Å². The quantitative estimate of drug-likeness (QED) is 0.687. The number of hydrogen-bond donors (Lipinski definition) is 1. The molecule has 1 N–H and O–H groups in total. The molecule has 1 saturated heterocycles. The highest BCUT2D eigenvalue weighted by molar-refractivity contribution is 7.92. The highest BCUT2D eigenvalue weighted by Gasteiger charge is 2.28. The second-order valence-corrected chi connectivity index (χ2v) is 9.33. The van der Waals surface area contributed by atoms with Gasteiger partial charge >= 0.3 is 0 Å². The van der Waals surface area contributed by atoms with E-state index in [2.05, 4.69) is 10.2 Å². The Kier molecular flexibility index (Phi) is 8.10. The Morgan fingerprint density at radius 2 is 1.74 bits per heavy atom. The second-order valence-electron chi connectivity index (χ2n) is 7.47. The second kappa shape index (κ2) is 10.1. The summed E-state index contributed by atoms with van der Waals surface area (Å²) in [6, 6.07) is 6.37. The number of sulfonamides is 1. The molecule has 2 rings (SSSR count). The molecular weight excluding hydrogens is 362 g/mol. The van der Waals surface area contributed by atoms with Crippen molar-refractivity contribution in [3.05, 3.63) is 29.8 Å². The molecule has 0 aliphatic carbocycles. The van der Waals surface area contributed by atoms with Crippen LogP contribution in [0, 0.1) is 6.92 Å². The Bertz CT molecular complexity index is 696. The van der Waals surface area contributed by atoms with Crippen molar-refractivity contribution in [3.8, 4) is 0 Å². The summed E-state index contributed by atoms with van der Waals surface area (Å²) in [6.07, 6.45) is 7.14. The number of nitrogens with one attached hydrogen (secondary N) is 1. The van der Waals surface area contributed by atoms with Crippen LogP contribution in [0.1, 0.15) is 44.6 Å². The lowest BCUT2D eigenvalue weighted by Gasteiger charge is -2.28. The molecule has 1 aromatic carbocycles. The van der Waals surface area contributed by atoms with Crippen molar-refractivity contribution in [1.82, 2.24) is 10.2 Å². The number of amides is 1. The molecule has 1 unspecified atom stereocenters. The predicted octanol–water partition coefficient (Wildman–Crippen LogP) is 2.53. The first kappa shape index (κ1) is 21.7. The summed E-state index contributed by atoms with van der Waals surface area (Å²) in [7, 11) is -3.56. The lowest BCUT2D eigenvalue weighted by Crippen LogP contribution is -2.48. The summed E-state index contributed by atoms with van der Waals surface area (Å²) in [5.74, 6) is -0.267. The first-order valence-electron chi connectivity index (χ1n) is 9.85. The maximum Gasteiger partial charge on any atom is 0.243 e. The van der Waals surface area contributed by atoms with E-state index in [-0.39, 0.29) is 5.91 Å². The number of hydrogen-bond acceptors (Lipinski definition) is 4. The van der Waals surface area contributed by atoms with Gasteiger partial charge in [0.25, 0.3) is 0 Å². The maximum absolute atomic E-state index is 12.5. The number of rotatable bonds is 8. The number of aryl methyl sites for hydroxylation is 1. The van der Waals surface area contributed by atoms with Crippen LogP contribution in [0.25, 0.3) is 0 Å². The van der Waals surface area contributed by atoms with Gasteiger partial charge in [0.2, 0.25) is 15.9 Å². The number of nitrogens with zero attached hydrogens (tertiary/aromatic N) is 2. The van der Waals surface area contributed by atoms with Gasteiger partial charge in [-0.1, -0.05) is 30.5 Å². The summed E-state index contributed by atoms with van der Waals surface area (Å²) in [5.41, 5.74) is 1.55. The minimum Gasteiger partial charge on any atom is -0.354 e. The molecule has 1 amide bonds. The molecule has 152 valence electrons. The molecule has 0 radical (unpaired) electrons. The Balaban J connectivity index is 1.89. The molecule has 1 heterocycles. The zero-order valence-electron chi connectivity index (χ0n) is 16.8. The van der Waals surface area contributed by atoms with E-state index in [0.29, 0.717) is 12.2 Å². The van der Waals surface area contributed by atoms with E-state index in [4.69, 9.17) is 0 Å². The molecule has 0 spiro atoms. The van der Waals surface area contributed by atoms with E-state index >= 15 is 0 Å². The van der Waals surface area contributed by atoms with Crippen molar-refractivity contribution in [2.75, 3.05) is 36.7 Å². The minimum atomic E-state index is -3.56. The van der Waals surface area contributed by atoms with Crippen molar-refractivity contribution in [2.45, 2.75) is 52.0 Å². The van der Waals surface area contributed by atoms with Crippen molar-refractivity contribution in [1.29, 1.82) is 0 Å². The monoisotopic (exact) mass is 395 g/mol. The van der Waals surface area contributed by atoms with E-state index in [1.165, 1.54) is 30.0 Å². The van der Waals surface area contributed by atoms with Gasteiger partial charge in [0.1, 0.15) is 6.04 Å². The van der Waals surface area contributed by atoms with Crippen LogP contribution in [0.5, 0.6) is 0 Å². The van der Waals surface area contributed by atoms with Gasteiger partial charge in [0, 0.05) is 6.54 Å². The Labute approximate surface area is 164 Å². The molecule has 1 fully saturated rings. The Morgan fingerprint density at radius 3 is 2.30 bits per heavy atom. The average molecular weight is 396 g/mol. The fourth-order valence-electron chi connectivity index (χ4n) is 3.52. The molecule has 6 nitrogen and oxygen atoms in total. The molecule has 1 aromatic rings. The average Bonchev–Trinajstić information content (AvgIpc) is 2.88. The van der Waals surface area contributed by atoms with E-state index in [0.717, 1.165) is 37.9 Å². The van der Waals surface area contributed by atoms with Crippen molar-refractivity contribution in [2.24, 2.45) is 0 Å². The first-order valence-corrected chi connectivity index (χ1v) is 11.7. The number of benzene rings is 1. The van der Waals surface area contributed by atoms with E-state index < -0.39 is 16.1 Å². The molecule has 0 bridgehead atoms. The van der Waals surface area contributed by atoms with E-state index in [9.17, 15) is 13.2 Å². The molecule has 27 heavy (non-hydrogen) atoms. The SMILES string of the molecule is Cc1ccc(N(C(C)C(=O)NCCCN2CCCCCC2)S(C)(=O)=O)cc1. The lowest BCUT2D eigenvalue weighted by molar-refractivity contribution is -0.121. The first-order chi connectivity index (χ1) is 12.8. The minimum absolute atomic E-state index is 0.267. The molecule has 0 saturated carbocycles. The van der Waals surface area contributed by atoms with E-state index in [1.807, 2.05) is 19.1 Å². The normalized spacial score (nSPS) is 17.1. The van der Waals surface area contributed by atoms with Gasteiger partial charge in [-0.2, -0.15) is 0 Å². The van der Waals surface area contributed by atoms with E-state index in [1.54, 1.807) is 19.1 Å². The summed E-state index contributed by atoms with van der Waals surface area (Å²) in [5, 5.41) is 2.90. The third kappa shape index (κ3) is 6.81. The summed E-state index contributed by atoms with van der Waals surface area (Å²) >= 11 is 0. The van der Waals surface area contributed by atoms with Crippen LogP contribution in [0.4, 0.5) is 5.69 Å². The Hall–Kier alpha value is -1.60. The largest absolute Gasteiger partial charge is 0.354 e. The fraction of sp³-hybridized carbons (Fsp3) is 0.650. The van der Waals surface area contributed by atoms with Gasteiger partial charge in [-0.15, -0.1) is 0 Å². The van der Waals surface area contributed by atoms with Crippen LogP contribution in [-0.4, -0.2) is 57.7 Å². The van der Waals surface area contributed by atoms with Gasteiger partial charge in [-0.3, -0.25) is 9.10 Å². The number of likely N-dealkylation sites (tertiary alicyclic amines) is 1. The third-order valence-corrected chi connectivity index (χ3v) is 6.27. The van der Waals surface area contributed by atoms with Gasteiger partial charge in [0.05, 0.1) is 11.9 Å². The summed E-state index contributed by atoms with van der Waals surface area (Å²) in [6.45, 7) is 7.38. The van der Waals surface area contributed by atoms with Gasteiger partial charge in [-0.25, -0.2) is 8.42 Å². The van der Waals surface area contributed by atoms with Crippen LogP contribution in [0.3, 0.4) is 0 Å². The predicted molar refractivity (Wildman–Crippen MR) is 110 cm³/mol. The molecular formula is C20H33N3O3S. The van der Waals surface area contributed by atoms with Crippen LogP contribution >= 0.6 is 0 Å². The molecule has 1 atom stereocenters. The zero-order chi connectivity index (χ0) is 19.9. The van der Waals surface area contributed by atoms with Crippen LogP contribution in [0.15, 0.2) is 24.3 Å². The molecule has 1 aliphatic rings. The van der Waals surface area contributed by atoms with Gasteiger partial charge in [0.15, 0.2) is 0 Å². The highest BCUT2D eigenvalue weighted by Crippen LogP contribution is 2.21. The van der Waals surface area contributed by atoms with Crippen LogP contribution in [-0.2, 0) is 14.8 Å². The maximum atomic E-state index is 12.5. The van der Waals surface area contributed by atoms with Gasteiger partial charge < -0.3 is 10.2 Å². The lowest BCUT2D eigenvalue weighted by atomic mass is 10.2. The number of carbonyl (C=O) groups is 1. The van der Waals surface area contributed by atoms with Crippen LogP contribution < -0.4 is 9.62 Å². The topological polar surface area (TPSA) is 69.7 Å². The fourth-order valence-corrected chi connectivity index (χ4v) is 4.70. The third-order valence-electron chi connectivity index (χ3n) is 5.03. The van der Waals surface area contributed by atoms with Crippen molar-refractivity contribution < 1.29 is 13.2 Å². The molecule has 1 aliphatic heterocycles. The van der Waals surface area contributed by atoms with Crippen molar-refractivity contribution in [3.63, 3.8) is 0 Å². The smallest absolute Gasteiger partial charge is 0.243 e. The van der Waals surface area contributed by atoms with Crippen molar-refractivity contribution >= 4 is 21.6 Å². The van der Waals surface area contributed by atoms with Crippen LogP contribution in [0.2, 0.25) is 0 Å². The molecule has 0 aromatic heterocycles. The standard InChI is InChI=1S/C20H33N3O3S/c1-17-9-11-19(12-10-17)23(27(3,25)26)18(2)20(24)21-13-8-16-22-14-6-4-5-7-15-22/h9-12,18H,4-8,13-16H2,1-3H3,(H,21,24). The molecule has 7 heteroatoms. The number of carbonyl (C=O) groups excluding carboxylic acids is 1. The summed E-state index contributed by atoms with van der Waals surface area (Å²) < 4.78 is 25.7. The Morgan fingerprint density at radius 1 is 1.15 bits per heavy atom. The highest BCUT2D eigenvalue weighted by atomic mass is 32.2. The number of anilines is 1. The zero-order valence-corrected chi connectivity index (χ0v) is 17.6.